The maximum Gasteiger partial charge on any atom is 0.0594 e. The van der Waals surface area contributed by atoms with Gasteiger partial charge in [0.2, 0.25) is 0 Å². The minimum absolute atomic E-state index is 0.0339. The molecule has 3 heteroatoms. The summed E-state index contributed by atoms with van der Waals surface area (Å²) in [4.78, 5) is 12.6. The van der Waals surface area contributed by atoms with Crippen LogP contribution in [-0.4, -0.2) is 17.2 Å². The van der Waals surface area contributed by atoms with Gasteiger partial charge in [-0.25, -0.2) is 0 Å². The van der Waals surface area contributed by atoms with Gasteiger partial charge in [-0.1, -0.05) is 66.0 Å². The van der Waals surface area contributed by atoms with Gasteiger partial charge in [0.1, 0.15) is 0 Å². The first-order valence-electron chi connectivity index (χ1n) is 13.4. The molecule has 0 aromatic heterocycles. The van der Waals surface area contributed by atoms with E-state index in [9.17, 15) is 15.0 Å². The standard InChI is InChI=1S/C29H46O3/c1-18-8-7-13-29(24(31)32)17-16-27(5)19(23(18)29)9-10-21-26(4)14-12-22(30)25(2,3)20(26)11-15-28(21,27)6/h9,18,20-23,30H,7-8,10-17H2,1-6H3,(H,31,32)/p-1/t18-,20?,21?,22-,23?,26-,27+,28+,29-/m0/s1. The van der Waals surface area contributed by atoms with Crippen molar-refractivity contribution in [2.75, 3.05) is 0 Å². The van der Waals surface area contributed by atoms with E-state index in [1.165, 1.54) is 18.4 Å². The van der Waals surface area contributed by atoms with Gasteiger partial charge < -0.3 is 15.0 Å². The molecule has 32 heavy (non-hydrogen) atoms. The van der Waals surface area contributed by atoms with Gasteiger partial charge in [-0.05, 0) is 96.7 Å². The zero-order valence-corrected chi connectivity index (χ0v) is 21.3. The average Bonchev–Trinajstić information content (AvgIpc) is 2.71. The molecule has 0 spiro atoms. The van der Waals surface area contributed by atoms with Crippen LogP contribution in [0.3, 0.4) is 0 Å². The number of carboxylic acid groups (broad SMARTS) is 1. The molecule has 0 saturated heterocycles. The average molecular weight is 442 g/mol. The molecule has 0 aromatic carbocycles. The number of aliphatic hydroxyl groups excluding tert-OH is 1. The SMILES string of the molecule is C[C@H]1CCC[C@]2(C(=O)[O-])CC[C@]3(C)C(=CCC4[C@@]5(C)CC[C@H](O)C(C)(C)C5CC[C@]43C)C12. The fourth-order valence-electron chi connectivity index (χ4n) is 10.7. The highest BCUT2D eigenvalue weighted by Crippen LogP contribution is 2.75. The Labute approximate surface area is 195 Å². The molecule has 0 aliphatic heterocycles. The molecule has 0 aromatic rings. The number of carbonyl (C=O) groups excluding carboxylic acids is 1. The molecule has 0 radical (unpaired) electrons. The minimum Gasteiger partial charge on any atom is -0.550 e. The number of hydrogen-bond donors (Lipinski definition) is 1. The van der Waals surface area contributed by atoms with E-state index in [0.29, 0.717) is 17.8 Å². The number of allylic oxidation sites excluding steroid dienone is 2. The number of hydrogen-bond acceptors (Lipinski definition) is 3. The predicted molar refractivity (Wildman–Crippen MR) is 125 cm³/mol. The molecule has 0 heterocycles. The van der Waals surface area contributed by atoms with Crippen molar-refractivity contribution >= 4 is 5.97 Å². The Morgan fingerprint density at radius 3 is 2.38 bits per heavy atom. The third kappa shape index (κ3) is 2.56. The second kappa shape index (κ2) is 6.86. The molecular formula is C29H45O3-. The summed E-state index contributed by atoms with van der Waals surface area (Å²) in [5.74, 6) is 0.928. The summed E-state index contributed by atoms with van der Waals surface area (Å²) in [6.45, 7) is 14.5. The van der Waals surface area contributed by atoms with Gasteiger partial charge >= 0.3 is 0 Å². The fraction of sp³-hybridized carbons (Fsp3) is 0.897. The molecule has 5 aliphatic carbocycles. The summed E-state index contributed by atoms with van der Waals surface area (Å²) >= 11 is 0. The summed E-state index contributed by atoms with van der Waals surface area (Å²) in [5.41, 5.74) is 1.30. The van der Waals surface area contributed by atoms with Crippen molar-refractivity contribution in [3.63, 3.8) is 0 Å². The second-order valence-corrected chi connectivity index (χ2v) is 14.0. The smallest absolute Gasteiger partial charge is 0.0594 e. The maximum atomic E-state index is 12.6. The molecule has 180 valence electrons. The zero-order valence-electron chi connectivity index (χ0n) is 21.3. The van der Waals surface area contributed by atoms with E-state index < -0.39 is 11.4 Å². The van der Waals surface area contributed by atoms with E-state index in [1.54, 1.807) is 0 Å². The monoisotopic (exact) mass is 441 g/mol. The van der Waals surface area contributed by atoms with Crippen LogP contribution in [0.15, 0.2) is 11.6 Å². The first kappa shape index (κ1) is 22.9. The van der Waals surface area contributed by atoms with E-state index in [-0.39, 0.29) is 33.7 Å². The van der Waals surface area contributed by atoms with Gasteiger partial charge in [-0.3, -0.25) is 0 Å². The third-order valence-electron chi connectivity index (χ3n) is 12.8. The highest BCUT2D eigenvalue weighted by atomic mass is 16.4. The molecule has 5 aliphatic rings. The van der Waals surface area contributed by atoms with Crippen LogP contribution < -0.4 is 5.11 Å². The number of rotatable bonds is 1. The van der Waals surface area contributed by atoms with Crippen LogP contribution in [0.5, 0.6) is 0 Å². The van der Waals surface area contributed by atoms with Crippen molar-refractivity contribution in [1.29, 1.82) is 0 Å². The lowest BCUT2D eigenvalue weighted by Crippen LogP contribution is -2.65. The third-order valence-corrected chi connectivity index (χ3v) is 12.8. The van der Waals surface area contributed by atoms with Crippen LogP contribution >= 0.6 is 0 Å². The minimum atomic E-state index is -0.789. The summed E-state index contributed by atoms with van der Waals surface area (Å²) < 4.78 is 0. The quantitative estimate of drug-likeness (QED) is 0.546. The molecule has 9 atom stereocenters. The second-order valence-electron chi connectivity index (χ2n) is 14.0. The highest BCUT2D eigenvalue weighted by Gasteiger charge is 2.68. The van der Waals surface area contributed by atoms with Gasteiger partial charge in [-0.15, -0.1) is 0 Å². The van der Waals surface area contributed by atoms with Crippen LogP contribution in [0.2, 0.25) is 0 Å². The summed E-state index contributed by atoms with van der Waals surface area (Å²) in [7, 11) is 0. The Kier molecular flexibility index (Phi) is 4.92. The first-order valence-corrected chi connectivity index (χ1v) is 13.4. The lowest BCUT2D eigenvalue weighted by molar-refractivity contribution is -0.327. The van der Waals surface area contributed by atoms with Crippen molar-refractivity contribution in [3.05, 3.63) is 11.6 Å². The number of carbonyl (C=O) groups is 1. The highest BCUT2D eigenvalue weighted by molar-refractivity contribution is 5.74. The Morgan fingerprint density at radius 1 is 0.969 bits per heavy atom. The number of fused-ring (bicyclic) bond motifs is 7. The molecule has 3 nitrogen and oxygen atoms in total. The van der Waals surface area contributed by atoms with Crippen molar-refractivity contribution in [3.8, 4) is 0 Å². The number of aliphatic carboxylic acids is 1. The number of aliphatic hydroxyl groups is 1. The van der Waals surface area contributed by atoms with Crippen molar-refractivity contribution in [2.24, 2.45) is 50.7 Å². The van der Waals surface area contributed by atoms with Gasteiger partial charge in [0.25, 0.3) is 0 Å². The number of carboxylic acids is 1. The topological polar surface area (TPSA) is 60.4 Å². The van der Waals surface area contributed by atoms with E-state index >= 15 is 0 Å². The van der Waals surface area contributed by atoms with Gasteiger partial charge in [0, 0.05) is 11.4 Å². The van der Waals surface area contributed by atoms with Crippen molar-refractivity contribution in [2.45, 2.75) is 112 Å². The van der Waals surface area contributed by atoms with Gasteiger partial charge in [0.05, 0.1) is 6.10 Å². The molecule has 4 fully saturated rings. The van der Waals surface area contributed by atoms with Crippen LogP contribution in [0.4, 0.5) is 0 Å². The maximum absolute atomic E-state index is 12.6. The van der Waals surface area contributed by atoms with Crippen molar-refractivity contribution in [1.82, 2.24) is 0 Å². The molecule has 1 N–H and O–H groups in total. The Morgan fingerprint density at radius 2 is 1.69 bits per heavy atom. The predicted octanol–water partition coefficient (Wildman–Crippen LogP) is 5.51. The van der Waals surface area contributed by atoms with E-state index in [4.69, 9.17) is 0 Å². The largest absolute Gasteiger partial charge is 0.550 e. The molecule has 0 bridgehead atoms. The Hall–Kier alpha value is -0.830. The lowest BCUT2D eigenvalue weighted by atomic mass is 9.33. The van der Waals surface area contributed by atoms with Crippen LogP contribution in [0, 0.1) is 50.7 Å². The van der Waals surface area contributed by atoms with Crippen LogP contribution in [0.25, 0.3) is 0 Å². The van der Waals surface area contributed by atoms with Crippen molar-refractivity contribution < 1.29 is 15.0 Å². The molecule has 3 unspecified atom stereocenters. The summed E-state index contributed by atoms with van der Waals surface area (Å²) in [6, 6.07) is 0. The van der Waals surface area contributed by atoms with Crippen LogP contribution in [-0.2, 0) is 4.79 Å². The van der Waals surface area contributed by atoms with Crippen LogP contribution in [0.1, 0.15) is 106 Å². The van der Waals surface area contributed by atoms with E-state index in [2.05, 4.69) is 47.6 Å². The Balaban J connectivity index is 1.60. The molecule has 4 saturated carbocycles. The van der Waals surface area contributed by atoms with Gasteiger partial charge in [-0.2, -0.15) is 0 Å². The molecule has 0 amide bonds. The normalized spacial score (nSPS) is 54.3. The lowest BCUT2D eigenvalue weighted by Gasteiger charge is -2.71. The van der Waals surface area contributed by atoms with E-state index in [1.807, 2.05) is 0 Å². The van der Waals surface area contributed by atoms with E-state index in [0.717, 1.165) is 51.4 Å². The molecule has 5 rings (SSSR count). The molecular weight excluding hydrogens is 396 g/mol. The van der Waals surface area contributed by atoms with Gasteiger partial charge in [0.15, 0.2) is 0 Å². The fourth-order valence-corrected chi connectivity index (χ4v) is 10.7. The zero-order chi connectivity index (χ0) is 23.3. The Bertz CT molecular complexity index is 843. The summed E-state index contributed by atoms with van der Waals surface area (Å²) in [6.07, 6.45) is 12.5. The first-order chi connectivity index (χ1) is 14.8. The summed E-state index contributed by atoms with van der Waals surface area (Å²) in [5, 5.41) is 23.4.